The van der Waals surface area contributed by atoms with E-state index in [1.807, 2.05) is 62.3 Å². The molecule has 2 N–H and O–H groups in total. The molecule has 1 aromatic rings. The van der Waals surface area contributed by atoms with Crippen LogP contribution in [-0.2, 0) is 39.1 Å². The van der Waals surface area contributed by atoms with Crippen molar-refractivity contribution >= 4 is 56.4 Å². The largest absolute Gasteiger partial charge is 0.383 e. The van der Waals surface area contributed by atoms with Crippen LogP contribution < -0.4 is 11.4 Å². The fraction of sp³-hybridized carbons (Fsp3) is 0.742. The van der Waals surface area contributed by atoms with Gasteiger partial charge in [-0.1, -0.05) is 97.6 Å². The topological polar surface area (TPSA) is 173 Å². The van der Waals surface area contributed by atoms with E-state index in [2.05, 4.69) is 11.1 Å². The number of nitrogens with zero attached hydrogens (tertiary/aromatic N) is 3. The van der Waals surface area contributed by atoms with Crippen LogP contribution >= 0.6 is 35.3 Å². The molecule has 1 fully saturated rings. The molecule has 0 aliphatic carbocycles. The summed E-state index contributed by atoms with van der Waals surface area (Å²) >= 11 is 3.41. The highest BCUT2D eigenvalue weighted by molar-refractivity contribution is 8.14. The lowest BCUT2D eigenvalue weighted by molar-refractivity contribution is -0.128. The van der Waals surface area contributed by atoms with Gasteiger partial charge in [0.2, 0.25) is 0 Å². The van der Waals surface area contributed by atoms with Crippen molar-refractivity contribution in [3.05, 3.63) is 22.7 Å². The molecule has 12 nitrogen and oxygen atoms in total. The Kier molecular flexibility index (Phi) is 14.8. The van der Waals surface area contributed by atoms with E-state index in [-0.39, 0.29) is 53.3 Å². The Morgan fingerprint density at radius 1 is 0.913 bits per heavy atom. The van der Waals surface area contributed by atoms with Crippen LogP contribution in [0.4, 0.5) is 5.82 Å². The summed E-state index contributed by atoms with van der Waals surface area (Å²) < 4.78 is 25.7. The Morgan fingerprint density at radius 3 is 1.85 bits per heavy atom. The van der Waals surface area contributed by atoms with E-state index < -0.39 is 46.0 Å². The third-order valence-corrected chi connectivity index (χ3v) is 10.3. The van der Waals surface area contributed by atoms with Gasteiger partial charge in [0.1, 0.15) is 30.2 Å². The number of carbonyl (C=O) groups excluding carboxylic acids is 3. The number of rotatable bonds is 14. The summed E-state index contributed by atoms with van der Waals surface area (Å²) in [5.74, 6) is 0.990. The van der Waals surface area contributed by atoms with Crippen LogP contribution in [0.25, 0.3) is 0 Å². The summed E-state index contributed by atoms with van der Waals surface area (Å²) in [6.07, 6.45) is -1.64. The molecule has 2 unspecified atom stereocenters. The quantitative estimate of drug-likeness (QED) is 0.275. The monoisotopic (exact) mass is 700 g/mol. The molecule has 0 aromatic carbocycles. The zero-order valence-corrected chi connectivity index (χ0v) is 30.7. The third-order valence-electron chi connectivity index (χ3n) is 6.55. The third kappa shape index (κ3) is 11.4. The zero-order valence-electron chi connectivity index (χ0n) is 28.2. The number of carbonyl (C=O) groups is 3. The summed E-state index contributed by atoms with van der Waals surface area (Å²) in [7, 11) is 0. The number of ether oxygens (including phenoxy) is 4. The minimum Gasteiger partial charge on any atom is -0.383 e. The molecule has 46 heavy (non-hydrogen) atoms. The van der Waals surface area contributed by atoms with Gasteiger partial charge in [-0.2, -0.15) is 10.2 Å². The Labute approximate surface area is 284 Å². The van der Waals surface area contributed by atoms with Gasteiger partial charge in [0.25, 0.3) is 5.72 Å². The molecule has 0 amide bonds. The van der Waals surface area contributed by atoms with Crippen molar-refractivity contribution in [2.75, 3.05) is 49.4 Å². The van der Waals surface area contributed by atoms with Crippen molar-refractivity contribution in [1.29, 1.82) is 5.26 Å². The molecular weight excluding hydrogens is 653 g/mol. The molecule has 2 heterocycles. The van der Waals surface area contributed by atoms with E-state index >= 15 is 0 Å². The number of aromatic nitrogens is 2. The van der Waals surface area contributed by atoms with Gasteiger partial charge in [-0.25, -0.2) is 4.79 Å². The molecule has 258 valence electrons. The fourth-order valence-electron chi connectivity index (χ4n) is 3.99. The van der Waals surface area contributed by atoms with Gasteiger partial charge in [0, 0.05) is 39.7 Å². The second-order valence-electron chi connectivity index (χ2n) is 13.8. The highest BCUT2D eigenvalue weighted by Gasteiger charge is 2.59. The molecule has 15 heteroatoms. The number of nitrogen functional groups attached to an aromatic ring is 1. The Bertz CT molecular complexity index is 1310. The van der Waals surface area contributed by atoms with E-state index in [9.17, 15) is 24.4 Å². The maximum Gasteiger partial charge on any atom is 0.352 e. The summed E-state index contributed by atoms with van der Waals surface area (Å²) in [5.41, 5.74) is 1.32. The lowest BCUT2D eigenvalue weighted by atomic mass is 9.99. The van der Waals surface area contributed by atoms with E-state index in [1.54, 1.807) is 0 Å². The first-order valence-corrected chi connectivity index (χ1v) is 18.0. The normalized spacial score (nSPS) is 22.0. The predicted molar refractivity (Wildman–Crippen MR) is 182 cm³/mol. The Morgan fingerprint density at radius 2 is 1.39 bits per heavy atom. The SMILES string of the molecule is CC(C)(C)C(=O)SCCOC[C@H]1O[C@@](C#N)(n2ccc(N)nc2=O)C(OCCSC(=O)C(C)(C)C)C1OCCSC(=O)C(C)(C)C. The molecule has 0 spiro atoms. The second kappa shape index (κ2) is 16.9. The molecule has 0 saturated carbocycles. The molecule has 1 aliphatic heterocycles. The van der Waals surface area contributed by atoms with Crippen molar-refractivity contribution in [3.8, 4) is 6.07 Å². The van der Waals surface area contributed by atoms with Gasteiger partial charge in [0.15, 0.2) is 15.3 Å². The average Bonchev–Trinajstić information content (AvgIpc) is 3.23. The number of hydrogen-bond donors (Lipinski definition) is 1. The van der Waals surface area contributed by atoms with E-state index in [0.29, 0.717) is 11.5 Å². The van der Waals surface area contributed by atoms with Crippen LogP contribution in [-0.4, -0.2) is 86.9 Å². The maximum absolute atomic E-state index is 13.0. The minimum absolute atomic E-state index is 0.000159. The van der Waals surface area contributed by atoms with Gasteiger partial charge >= 0.3 is 5.69 Å². The molecule has 1 saturated heterocycles. The standard InChI is InChI=1S/C31H48N4O8S3/c1-28(2,3)24(36)44-15-12-40-18-20-22(41-13-16-45-25(37)29(4,5)6)23(42-14-17-46-26(38)30(7,8)9)31(19-32,43-20)35-11-10-21(33)34-27(35)39/h10-11,20,22-23H,12-18H2,1-9H3,(H2,33,34,39)/t20-,22?,23?,31-/m1/s1. The van der Waals surface area contributed by atoms with Crippen molar-refractivity contribution in [2.24, 2.45) is 16.2 Å². The number of nitriles is 1. The molecule has 4 atom stereocenters. The van der Waals surface area contributed by atoms with Crippen LogP contribution in [0.1, 0.15) is 62.3 Å². The lowest BCUT2D eigenvalue weighted by Gasteiger charge is -2.30. The molecule has 1 aromatic heterocycles. The van der Waals surface area contributed by atoms with Crippen LogP contribution in [0.5, 0.6) is 0 Å². The Hall–Kier alpha value is -1.93. The van der Waals surface area contributed by atoms with Gasteiger partial charge < -0.3 is 24.7 Å². The van der Waals surface area contributed by atoms with Crippen LogP contribution in [0.3, 0.4) is 0 Å². The average molecular weight is 701 g/mol. The number of anilines is 1. The molecule has 0 bridgehead atoms. The number of thioether (sulfide) groups is 3. The highest BCUT2D eigenvalue weighted by atomic mass is 32.2. The van der Waals surface area contributed by atoms with Gasteiger partial charge in [-0.15, -0.1) is 0 Å². The van der Waals surface area contributed by atoms with E-state index in [0.717, 1.165) is 28.1 Å². The van der Waals surface area contributed by atoms with Crippen molar-refractivity contribution in [3.63, 3.8) is 0 Å². The second-order valence-corrected chi connectivity index (χ2v) is 17.0. The Balaban J connectivity index is 2.35. The zero-order chi connectivity index (χ0) is 34.9. The number of hydrogen-bond acceptors (Lipinski definition) is 14. The summed E-state index contributed by atoms with van der Waals surface area (Å²) in [6, 6.07) is 3.49. The smallest absolute Gasteiger partial charge is 0.352 e. The predicted octanol–water partition coefficient (Wildman–Crippen LogP) is 4.11. The van der Waals surface area contributed by atoms with E-state index in [1.165, 1.54) is 24.0 Å². The first kappa shape index (κ1) is 40.2. The number of nitrogens with two attached hydrogens (primary N) is 1. The maximum atomic E-state index is 13.0. The first-order chi connectivity index (χ1) is 21.2. The first-order valence-electron chi connectivity index (χ1n) is 15.0. The van der Waals surface area contributed by atoms with Crippen molar-refractivity contribution in [1.82, 2.24) is 9.55 Å². The molecule has 1 aliphatic rings. The van der Waals surface area contributed by atoms with Gasteiger partial charge in [0.05, 0.1) is 26.4 Å². The highest BCUT2D eigenvalue weighted by Crippen LogP contribution is 2.39. The van der Waals surface area contributed by atoms with Crippen LogP contribution in [0.15, 0.2) is 17.1 Å². The summed E-state index contributed by atoms with van der Waals surface area (Å²) in [5, 5.41) is 10.6. The molecule has 2 rings (SSSR count). The van der Waals surface area contributed by atoms with Crippen LogP contribution in [0.2, 0.25) is 0 Å². The van der Waals surface area contributed by atoms with Crippen molar-refractivity contribution < 1.29 is 33.3 Å². The molecule has 0 radical (unpaired) electrons. The van der Waals surface area contributed by atoms with Gasteiger partial charge in [-0.05, 0) is 6.07 Å². The van der Waals surface area contributed by atoms with Crippen LogP contribution in [0, 0.1) is 27.6 Å². The summed E-state index contributed by atoms with van der Waals surface area (Å²) in [6.45, 7) is 16.8. The molecular formula is C31H48N4O8S3. The van der Waals surface area contributed by atoms with Gasteiger partial charge in [-0.3, -0.25) is 19.0 Å². The minimum atomic E-state index is -2.01. The fourth-order valence-corrected chi connectivity index (χ4v) is 6.41. The lowest BCUT2D eigenvalue weighted by Crippen LogP contribution is -2.51. The van der Waals surface area contributed by atoms with E-state index in [4.69, 9.17) is 24.7 Å². The van der Waals surface area contributed by atoms with Crippen molar-refractivity contribution in [2.45, 2.75) is 86.4 Å². The summed E-state index contributed by atoms with van der Waals surface area (Å²) in [4.78, 5) is 54.1.